The number of halogens is 1. The molecule has 244 valence electrons. The maximum absolute atomic E-state index is 17.0. The van der Waals surface area contributed by atoms with Gasteiger partial charge in [-0.1, -0.05) is 19.1 Å². The van der Waals surface area contributed by atoms with Crippen molar-refractivity contribution in [2.24, 2.45) is 9.98 Å². The van der Waals surface area contributed by atoms with Gasteiger partial charge in [-0.25, -0.2) is 14.4 Å². The Labute approximate surface area is 269 Å². The summed E-state index contributed by atoms with van der Waals surface area (Å²) in [4.78, 5) is 18.7. The molecular formula is C35H44FN7O3. The van der Waals surface area contributed by atoms with Gasteiger partial charge in [0.05, 0.1) is 32.0 Å². The normalized spacial score (nSPS) is 23.9. The van der Waals surface area contributed by atoms with Gasteiger partial charge < -0.3 is 19.1 Å². The second-order valence-electron chi connectivity index (χ2n) is 13.2. The fraction of sp³-hybridized carbons (Fsp3) is 0.543. The third-order valence-electron chi connectivity index (χ3n) is 10.3. The highest BCUT2D eigenvalue weighted by atomic mass is 19.1. The molecule has 11 heteroatoms. The number of methoxy groups -OCH3 is 1. The van der Waals surface area contributed by atoms with Crippen LogP contribution in [0.3, 0.4) is 0 Å². The molecule has 3 aliphatic heterocycles. The van der Waals surface area contributed by atoms with Gasteiger partial charge in [0, 0.05) is 42.7 Å². The Bertz CT molecular complexity index is 1680. The average molecular weight is 630 g/mol. The van der Waals surface area contributed by atoms with Crippen molar-refractivity contribution in [1.29, 1.82) is 0 Å². The van der Waals surface area contributed by atoms with Crippen LogP contribution in [-0.4, -0.2) is 103 Å². The minimum atomic E-state index is -0.552. The Morgan fingerprint density at radius 2 is 2.13 bits per heavy atom. The molecule has 1 N–H and O–H groups in total. The van der Waals surface area contributed by atoms with E-state index in [1.54, 1.807) is 13.3 Å². The van der Waals surface area contributed by atoms with Crippen LogP contribution in [0.2, 0.25) is 0 Å². The molecule has 0 spiro atoms. The van der Waals surface area contributed by atoms with Crippen LogP contribution in [0.15, 0.2) is 34.4 Å². The topological polar surface area (TPSA) is 100 Å². The minimum Gasteiger partial charge on any atom is -0.480 e. The minimum absolute atomic E-state index is 0.00553. The highest BCUT2D eigenvalue weighted by Crippen LogP contribution is 2.46. The van der Waals surface area contributed by atoms with Crippen molar-refractivity contribution in [3.05, 3.63) is 46.9 Å². The van der Waals surface area contributed by atoms with Crippen LogP contribution < -0.4 is 4.74 Å². The summed E-state index contributed by atoms with van der Waals surface area (Å²) in [5.74, 6) is 0.456. The monoisotopic (exact) mass is 629 g/mol. The summed E-state index contributed by atoms with van der Waals surface area (Å²) in [5.41, 5.74) is 5.78. The molecule has 2 unspecified atom stereocenters. The molecular weight excluding hydrogens is 585 g/mol. The third-order valence-corrected chi connectivity index (χ3v) is 10.3. The number of pyridine rings is 1. The first-order chi connectivity index (χ1) is 22.4. The van der Waals surface area contributed by atoms with Gasteiger partial charge in [0.15, 0.2) is 5.82 Å². The van der Waals surface area contributed by atoms with E-state index in [2.05, 4.69) is 51.3 Å². The average Bonchev–Trinajstić information content (AvgIpc) is 3.68. The molecule has 1 aromatic carbocycles. The van der Waals surface area contributed by atoms with Gasteiger partial charge in [0.1, 0.15) is 29.5 Å². The van der Waals surface area contributed by atoms with E-state index in [4.69, 9.17) is 24.2 Å². The fourth-order valence-corrected chi connectivity index (χ4v) is 8.21. The van der Waals surface area contributed by atoms with E-state index in [1.165, 1.54) is 11.1 Å². The predicted molar refractivity (Wildman–Crippen MR) is 178 cm³/mol. The summed E-state index contributed by atoms with van der Waals surface area (Å²) in [6, 6.07) is 2.14. The number of H-pyrrole nitrogens is 1. The zero-order chi connectivity index (χ0) is 31.8. The van der Waals surface area contributed by atoms with Crippen LogP contribution >= 0.6 is 0 Å². The molecule has 3 saturated heterocycles. The smallest absolute Gasteiger partial charge is 0.227 e. The lowest BCUT2D eigenvalue weighted by molar-refractivity contribution is 0.0390. The van der Waals surface area contributed by atoms with Gasteiger partial charge >= 0.3 is 0 Å². The van der Waals surface area contributed by atoms with Crippen LogP contribution in [0, 0.1) is 5.82 Å². The number of ether oxygens (including phenoxy) is 3. The number of aromatic nitrogens is 3. The number of hydrogen-bond donors (Lipinski definition) is 1. The van der Waals surface area contributed by atoms with Crippen molar-refractivity contribution >= 4 is 29.1 Å². The number of nitrogens with zero attached hydrogens (tertiary/aromatic N) is 6. The first kappa shape index (κ1) is 31.0. The molecule has 3 fully saturated rings. The van der Waals surface area contributed by atoms with E-state index < -0.39 is 5.82 Å². The van der Waals surface area contributed by atoms with E-state index in [-0.39, 0.29) is 35.4 Å². The third kappa shape index (κ3) is 5.42. The number of hydrogen-bond acceptors (Lipinski definition) is 8. The van der Waals surface area contributed by atoms with Crippen molar-refractivity contribution < 1.29 is 18.6 Å². The largest absolute Gasteiger partial charge is 0.480 e. The van der Waals surface area contributed by atoms with Crippen molar-refractivity contribution in [2.75, 3.05) is 59.8 Å². The second-order valence-corrected chi connectivity index (χ2v) is 13.2. The maximum Gasteiger partial charge on any atom is 0.227 e. The molecule has 5 heterocycles. The highest BCUT2D eigenvalue weighted by Gasteiger charge is 2.46. The first-order valence-electron chi connectivity index (χ1n) is 16.5. The molecule has 2 aromatic heterocycles. The van der Waals surface area contributed by atoms with E-state index in [0.717, 1.165) is 80.1 Å². The van der Waals surface area contributed by atoms with E-state index >= 15 is 4.39 Å². The Kier molecular flexibility index (Phi) is 8.65. The lowest BCUT2D eigenvalue weighted by atomic mass is 9.79. The van der Waals surface area contributed by atoms with Crippen molar-refractivity contribution in [1.82, 2.24) is 25.0 Å². The molecule has 4 aliphatic rings. The Balaban J connectivity index is 1.32. The first-order valence-corrected chi connectivity index (χ1v) is 16.5. The van der Waals surface area contributed by atoms with Crippen LogP contribution in [0.1, 0.15) is 68.1 Å². The van der Waals surface area contributed by atoms with Gasteiger partial charge in [-0.2, -0.15) is 5.10 Å². The number of aromatic amines is 1. The van der Waals surface area contributed by atoms with Gasteiger partial charge in [-0.05, 0) is 81.3 Å². The fourth-order valence-electron chi connectivity index (χ4n) is 8.21. The molecule has 10 nitrogen and oxygen atoms in total. The molecule has 0 bridgehead atoms. The number of amidine groups is 1. The summed E-state index contributed by atoms with van der Waals surface area (Å²) in [6.45, 7) is 15.4. The maximum atomic E-state index is 17.0. The summed E-state index contributed by atoms with van der Waals surface area (Å²) in [6.07, 6.45) is 8.79. The van der Waals surface area contributed by atoms with Crippen molar-refractivity contribution in [3.8, 4) is 17.1 Å². The van der Waals surface area contributed by atoms with Gasteiger partial charge in [0.25, 0.3) is 0 Å². The molecule has 3 aromatic rings. The van der Waals surface area contributed by atoms with Crippen LogP contribution in [-0.2, 0) is 15.9 Å². The quantitative estimate of drug-likeness (QED) is 0.146. The summed E-state index contributed by atoms with van der Waals surface area (Å²) < 4.78 is 35.0. The standard InChI is InChI=1S/C35H44FN7O3/c1-22-17-35(10-6-12-43(35)19-22)20-46-21-38-33(42-11-7-14-45-15-13-42)29-31(37-3)30(36)32(40-34(29)44-4)28-25-18-39-41-26(25)16-24-9-5-8-23(2)27(24)28/h16,18,23H,1,3,5-15,17,19-21H2,2,4H3,(H,39,41)/b38-33+. The summed E-state index contributed by atoms with van der Waals surface area (Å²) >= 11 is 0. The molecule has 7 rings (SSSR count). The van der Waals surface area contributed by atoms with Gasteiger partial charge in [0.2, 0.25) is 5.88 Å². The Morgan fingerprint density at radius 3 is 2.98 bits per heavy atom. The predicted octanol–water partition coefficient (Wildman–Crippen LogP) is 5.78. The number of benzene rings is 1. The molecule has 1 aliphatic carbocycles. The number of fused-ring (bicyclic) bond motifs is 3. The van der Waals surface area contributed by atoms with E-state index in [1.807, 2.05) is 0 Å². The Morgan fingerprint density at radius 1 is 1.24 bits per heavy atom. The molecule has 46 heavy (non-hydrogen) atoms. The van der Waals surface area contributed by atoms with Crippen LogP contribution in [0.5, 0.6) is 5.88 Å². The molecule has 2 atom stereocenters. The Hall–Kier alpha value is -3.67. The van der Waals surface area contributed by atoms with Crippen molar-refractivity contribution in [3.63, 3.8) is 0 Å². The highest BCUT2D eigenvalue weighted by molar-refractivity contribution is 6.07. The zero-order valence-electron chi connectivity index (χ0n) is 27.0. The van der Waals surface area contributed by atoms with Crippen LogP contribution in [0.25, 0.3) is 22.2 Å². The molecule has 0 amide bonds. The lowest BCUT2D eigenvalue weighted by Crippen LogP contribution is -2.42. The number of rotatable bonds is 8. The number of aliphatic imine (C=N–C) groups is 2. The van der Waals surface area contributed by atoms with Crippen LogP contribution in [0.4, 0.5) is 10.1 Å². The molecule has 0 saturated carbocycles. The van der Waals surface area contributed by atoms with Crippen molar-refractivity contribution in [2.45, 2.75) is 63.3 Å². The second kappa shape index (κ2) is 12.8. The van der Waals surface area contributed by atoms with Gasteiger partial charge in [-0.15, -0.1) is 0 Å². The van der Waals surface area contributed by atoms with E-state index in [0.29, 0.717) is 44.3 Å². The SMILES string of the molecule is C=Nc1c(F)c(-c2c3c(cc4[nH]ncc24)CCCC3C)nc(OC)c1/C(=N\COCC12CCCN1CC(=C)C2)N1CCCOCC1. The molecule has 0 radical (unpaired) electrons. The number of nitrogens with one attached hydrogen (secondary N) is 1. The summed E-state index contributed by atoms with van der Waals surface area (Å²) in [7, 11) is 1.55. The zero-order valence-corrected chi connectivity index (χ0v) is 27.0. The van der Waals surface area contributed by atoms with Gasteiger partial charge in [-0.3, -0.25) is 15.0 Å². The number of aryl methyl sites for hydroxylation is 1. The summed E-state index contributed by atoms with van der Waals surface area (Å²) in [5, 5.41) is 8.22. The van der Waals surface area contributed by atoms with E-state index in [9.17, 15) is 0 Å². The lowest BCUT2D eigenvalue weighted by Gasteiger charge is -2.31.